The molecule has 0 heterocycles. The summed E-state index contributed by atoms with van der Waals surface area (Å²) in [6, 6.07) is 0. The number of halogens is 9. The minimum absolute atomic E-state index is 1.72. The first-order valence-electron chi connectivity index (χ1n) is 1.96. The average Bonchev–Trinajstić information content (AvgIpc) is 1.54. The lowest BCUT2D eigenvalue weighted by Crippen LogP contribution is -1.66. The van der Waals surface area contributed by atoms with E-state index < -0.39 is 20.2 Å². The van der Waals surface area contributed by atoms with Gasteiger partial charge in [-0.3, -0.25) is 0 Å². The highest BCUT2D eigenvalue weighted by Crippen LogP contribution is 1.98. The Bertz CT molecular complexity index is 38.3. The maximum atomic E-state index is 4.94. The highest BCUT2D eigenvalue weighted by Gasteiger charge is 1.85. The van der Waals surface area contributed by atoms with E-state index in [1.165, 1.54) is 0 Å². The van der Waals surface area contributed by atoms with Gasteiger partial charge in [-0.05, 0) is 0 Å². The Hall–Kier alpha value is 3.26. The Morgan fingerprint density at radius 1 is 0.333 bits per heavy atom. The summed E-state index contributed by atoms with van der Waals surface area (Å²) in [6.07, 6.45) is 0. The van der Waals surface area contributed by atoms with E-state index in [1.807, 2.05) is 0 Å². The molecule has 0 nitrogen and oxygen atoms in total. The molecular formula is H3Cl9Si3. The number of hydrogen-bond donors (Lipinski definition) is 0. The van der Waals surface area contributed by atoms with E-state index >= 15 is 0 Å². The summed E-state index contributed by atoms with van der Waals surface area (Å²) >= 11 is 44.5. The van der Waals surface area contributed by atoms with Crippen molar-refractivity contribution < 1.29 is 0 Å². The van der Waals surface area contributed by atoms with E-state index in [4.69, 9.17) is 99.7 Å². The van der Waals surface area contributed by atoms with E-state index in [-0.39, 0.29) is 0 Å². The third-order valence-electron chi connectivity index (χ3n) is 0. The molecule has 0 aromatic heterocycles. The Balaban J connectivity index is -0.000000101. The molecule has 0 N–H and O–H groups in total. The van der Waals surface area contributed by atoms with Crippen LogP contribution in [-0.2, 0) is 0 Å². The van der Waals surface area contributed by atoms with Gasteiger partial charge in [0.2, 0.25) is 0 Å². The van der Waals surface area contributed by atoms with Crippen LogP contribution in [-0.4, -0.2) is 20.2 Å². The smallest absolute Gasteiger partial charge is 0.130 e. The van der Waals surface area contributed by atoms with Crippen molar-refractivity contribution in [2.24, 2.45) is 0 Å². The van der Waals surface area contributed by atoms with Gasteiger partial charge in [-0.15, -0.1) is 99.7 Å². The van der Waals surface area contributed by atoms with Crippen molar-refractivity contribution in [2.75, 3.05) is 0 Å². The molecule has 0 aliphatic carbocycles. The molecule has 0 aliphatic heterocycles. The molecule has 0 radical (unpaired) electrons. The van der Waals surface area contributed by atoms with Crippen molar-refractivity contribution in [2.45, 2.75) is 0 Å². The molecule has 0 rings (SSSR count). The van der Waals surface area contributed by atoms with Crippen LogP contribution < -0.4 is 0 Å². The van der Waals surface area contributed by atoms with Gasteiger partial charge in [0.15, 0.2) is 0 Å². The van der Waals surface area contributed by atoms with Crippen molar-refractivity contribution in [3.8, 4) is 0 Å². The second kappa shape index (κ2) is 16.7. The zero-order chi connectivity index (χ0) is 10.7. The van der Waals surface area contributed by atoms with Crippen LogP contribution >= 0.6 is 99.7 Å². The molecule has 0 aromatic carbocycles. The molecule has 0 unspecified atom stereocenters. The highest BCUT2D eigenvalue weighted by molar-refractivity contribution is 7.54. The van der Waals surface area contributed by atoms with Gasteiger partial charge in [-0.25, -0.2) is 0 Å². The minimum atomic E-state index is -1.72. The van der Waals surface area contributed by atoms with Crippen molar-refractivity contribution in [1.29, 1.82) is 0 Å². The summed E-state index contributed by atoms with van der Waals surface area (Å²) < 4.78 is 0. The zero-order valence-corrected chi connectivity index (χ0v) is 15.4. The monoisotopic (exact) mass is 402 g/mol. The molecule has 0 saturated carbocycles. The Labute approximate surface area is 118 Å². The van der Waals surface area contributed by atoms with Crippen LogP contribution in [0.25, 0.3) is 0 Å². The first kappa shape index (κ1) is 20.6. The van der Waals surface area contributed by atoms with E-state index in [0.717, 1.165) is 0 Å². The van der Waals surface area contributed by atoms with Crippen LogP contribution in [0.4, 0.5) is 0 Å². The standard InChI is InChI=1S/3Cl3HSi/c3*1-4(2)3/h3*4H. The maximum Gasteiger partial charge on any atom is 0.326 e. The lowest BCUT2D eigenvalue weighted by molar-refractivity contribution is 4.07. The second-order valence-corrected chi connectivity index (χ2v) is 20.0. The summed E-state index contributed by atoms with van der Waals surface area (Å²) in [7, 11) is 0. The Morgan fingerprint density at radius 2 is 0.333 bits per heavy atom. The molecule has 0 atom stereocenters. The molecule has 0 saturated heterocycles. The lowest BCUT2D eigenvalue weighted by atomic mass is 27.7. The third-order valence-corrected chi connectivity index (χ3v) is 0. The molecule has 78 valence electrons. The molecule has 0 bridgehead atoms. The van der Waals surface area contributed by atoms with Crippen molar-refractivity contribution in [1.82, 2.24) is 0 Å². The van der Waals surface area contributed by atoms with Gasteiger partial charge < -0.3 is 0 Å². The summed E-state index contributed by atoms with van der Waals surface area (Å²) in [5.41, 5.74) is 0. The third kappa shape index (κ3) is 187. The topological polar surface area (TPSA) is 0 Å². The van der Waals surface area contributed by atoms with E-state index in [0.29, 0.717) is 0 Å². The van der Waals surface area contributed by atoms with Crippen LogP contribution in [0.15, 0.2) is 0 Å². The summed E-state index contributed by atoms with van der Waals surface area (Å²) in [5.74, 6) is 0. The predicted octanol–water partition coefficient (Wildman–Crippen LogP) is 4.26. The number of rotatable bonds is 0. The van der Waals surface area contributed by atoms with E-state index in [2.05, 4.69) is 0 Å². The maximum absolute atomic E-state index is 4.94. The SMILES string of the molecule is Cl[SiH](Cl)Cl.Cl[SiH](Cl)Cl.Cl[SiH](Cl)Cl. The van der Waals surface area contributed by atoms with Crippen LogP contribution in [0.1, 0.15) is 0 Å². The summed E-state index contributed by atoms with van der Waals surface area (Å²) in [4.78, 5) is 0. The first-order valence-corrected chi connectivity index (χ1v) is 17.7. The van der Waals surface area contributed by atoms with Crippen LogP contribution in [0.5, 0.6) is 0 Å². The lowest BCUT2D eigenvalue weighted by Gasteiger charge is -1.65. The summed E-state index contributed by atoms with van der Waals surface area (Å²) in [6.45, 7) is -5.17. The average molecular weight is 406 g/mol. The molecular weight excluding hydrogens is 403 g/mol. The molecule has 0 aromatic rings. The predicted molar refractivity (Wildman–Crippen MR) is 74.1 cm³/mol. The molecule has 0 spiro atoms. The van der Waals surface area contributed by atoms with Crippen LogP contribution in [0.2, 0.25) is 0 Å². The fourth-order valence-corrected chi connectivity index (χ4v) is 0. The first-order chi connectivity index (χ1) is 5.20. The van der Waals surface area contributed by atoms with Gasteiger partial charge in [-0.1, -0.05) is 0 Å². The van der Waals surface area contributed by atoms with Gasteiger partial charge in [0.25, 0.3) is 0 Å². The Kier molecular flexibility index (Phi) is 28.7. The minimum Gasteiger partial charge on any atom is -0.130 e. The van der Waals surface area contributed by atoms with E-state index in [1.54, 1.807) is 0 Å². The zero-order valence-electron chi connectivity index (χ0n) is 5.13. The highest BCUT2D eigenvalue weighted by atomic mass is 35.8. The van der Waals surface area contributed by atoms with Crippen LogP contribution in [0, 0.1) is 0 Å². The number of hydrogen-bond acceptors (Lipinski definition) is 0. The normalized spacial score (nSPS) is 9.00. The van der Waals surface area contributed by atoms with Gasteiger partial charge in [0.1, 0.15) is 0 Å². The summed E-state index contributed by atoms with van der Waals surface area (Å²) in [5, 5.41) is 0. The van der Waals surface area contributed by atoms with E-state index in [9.17, 15) is 0 Å². The van der Waals surface area contributed by atoms with Crippen LogP contribution in [0.3, 0.4) is 0 Å². The molecule has 0 aliphatic rings. The van der Waals surface area contributed by atoms with Crippen molar-refractivity contribution in [3.63, 3.8) is 0 Å². The van der Waals surface area contributed by atoms with Crippen molar-refractivity contribution in [3.05, 3.63) is 0 Å². The molecule has 12 heteroatoms. The second-order valence-electron chi connectivity index (χ2n) is 0.742. The largest absolute Gasteiger partial charge is 0.326 e. The van der Waals surface area contributed by atoms with Gasteiger partial charge in [0.05, 0.1) is 0 Å². The van der Waals surface area contributed by atoms with Crippen molar-refractivity contribution >= 4 is 120 Å². The van der Waals surface area contributed by atoms with Gasteiger partial charge >= 0.3 is 20.2 Å². The molecule has 0 amide bonds. The molecule has 12 heavy (non-hydrogen) atoms. The molecule has 0 fully saturated rings. The Morgan fingerprint density at radius 3 is 0.333 bits per heavy atom. The quantitative estimate of drug-likeness (QED) is 0.417. The van der Waals surface area contributed by atoms with Gasteiger partial charge in [0, 0.05) is 0 Å². The fraction of sp³-hybridized carbons (Fsp3) is 0. The van der Waals surface area contributed by atoms with Gasteiger partial charge in [-0.2, -0.15) is 0 Å². The fourth-order valence-electron chi connectivity index (χ4n) is 0.